The number of nitrogens with one attached hydrogen (secondary N) is 1. The number of anilines is 1. The number of methoxy groups -OCH3 is 2. The molecule has 2 rings (SSSR count). The molecule has 0 bridgehead atoms. The molecule has 0 spiro atoms. The second-order valence-electron chi connectivity index (χ2n) is 4.54. The lowest BCUT2D eigenvalue weighted by Crippen LogP contribution is -2.26. The van der Waals surface area contributed by atoms with Gasteiger partial charge in [-0.25, -0.2) is 0 Å². The van der Waals surface area contributed by atoms with Gasteiger partial charge in [-0.3, -0.25) is 10.1 Å². The molecule has 20 heavy (non-hydrogen) atoms. The van der Waals surface area contributed by atoms with Crippen molar-refractivity contribution in [1.29, 1.82) is 0 Å². The summed E-state index contributed by atoms with van der Waals surface area (Å²) >= 11 is 1.87. The van der Waals surface area contributed by atoms with Crippen LogP contribution in [0.25, 0.3) is 0 Å². The number of hydrogen-bond donors (Lipinski definition) is 1. The minimum absolute atomic E-state index is 0.0122. The molecule has 1 saturated heterocycles. The number of nitro groups is 1. The summed E-state index contributed by atoms with van der Waals surface area (Å²) in [5.74, 6) is 2.98. The first-order valence-electron chi connectivity index (χ1n) is 6.40. The fourth-order valence-electron chi connectivity index (χ4n) is 2.21. The molecular formula is C13H18N2O4S. The van der Waals surface area contributed by atoms with Gasteiger partial charge >= 0.3 is 0 Å². The van der Waals surface area contributed by atoms with Crippen LogP contribution in [-0.2, 0) is 0 Å². The maximum atomic E-state index is 11.2. The summed E-state index contributed by atoms with van der Waals surface area (Å²) in [6.07, 6.45) is 2.15. The van der Waals surface area contributed by atoms with Crippen LogP contribution in [0.1, 0.15) is 12.8 Å². The van der Waals surface area contributed by atoms with Crippen molar-refractivity contribution < 1.29 is 14.4 Å². The van der Waals surface area contributed by atoms with Crippen molar-refractivity contribution in [3.05, 3.63) is 22.2 Å². The third-order valence-corrected chi connectivity index (χ3v) is 4.43. The summed E-state index contributed by atoms with van der Waals surface area (Å²) < 4.78 is 10.3. The van der Waals surface area contributed by atoms with E-state index < -0.39 is 4.92 Å². The van der Waals surface area contributed by atoms with E-state index in [4.69, 9.17) is 9.47 Å². The van der Waals surface area contributed by atoms with Crippen molar-refractivity contribution in [1.82, 2.24) is 0 Å². The number of ether oxygens (including phenoxy) is 2. The predicted molar refractivity (Wildman–Crippen MR) is 80.2 cm³/mol. The molecule has 1 N–H and O–H groups in total. The standard InChI is InChI=1S/C13H18N2O4S/c1-18-12-6-10(14-9-4-3-5-20-8-9)11(15(16)17)7-13(12)19-2/h6-7,9,14H,3-5,8H2,1-2H3. The van der Waals surface area contributed by atoms with Gasteiger partial charge in [0.1, 0.15) is 5.69 Å². The highest BCUT2D eigenvalue weighted by atomic mass is 32.2. The molecule has 0 radical (unpaired) electrons. The number of nitrogens with zero attached hydrogens (tertiary/aromatic N) is 1. The van der Waals surface area contributed by atoms with Crippen molar-refractivity contribution in [3.8, 4) is 11.5 Å². The van der Waals surface area contributed by atoms with E-state index in [0.29, 0.717) is 17.2 Å². The van der Waals surface area contributed by atoms with Crippen molar-refractivity contribution in [2.24, 2.45) is 0 Å². The lowest BCUT2D eigenvalue weighted by molar-refractivity contribution is -0.384. The molecule has 1 heterocycles. The molecule has 110 valence electrons. The van der Waals surface area contributed by atoms with Crippen LogP contribution >= 0.6 is 11.8 Å². The quantitative estimate of drug-likeness (QED) is 0.665. The Morgan fingerprint density at radius 2 is 2.05 bits per heavy atom. The first-order chi connectivity index (χ1) is 9.65. The zero-order valence-electron chi connectivity index (χ0n) is 11.5. The van der Waals surface area contributed by atoms with Crippen molar-refractivity contribution in [3.63, 3.8) is 0 Å². The van der Waals surface area contributed by atoms with Gasteiger partial charge in [0.15, 0.2) is 11.5 Å². The minimum Gasteiger partial charge on any atom is -0.493 e. The highest BCUT2D eigenvalue weighted by Gasteiger charge is 2.22. The van der Waals surface area contributed by atoms with Crippen LogP contribution in [0.15, 0.2) is 12.1 Å². The van der Waals surface area contributed by atoms with Gasteiger partial charge in [0.2, 0.25) is 0 Å². The first-order valence-corrected chi connectivity index (χ1v) is 7.56. The fraction of sp³-hybridized carbons (Fsp3) is 0.538. The molecule has 7 heteroatoms. The second kappa shape index (κ2) is 6.69. The fourth-order valence-corrected chi connectivity index (χ4v) is 3.28. The maximum Gasteiger partial charge on any atom is 0.296 e. The molecule has 1 aliphatic heterocycles. The maximum absolute atomic E-state index is 11.2. The Kier molecular flexibility index (Phi) is 4.94. The molecule has 1 aromatic carbocycles. The monoisotopic (exact) mass is 298 g/mol. The van der Waals surface area contributed by atoms with E-state index in [-0.39, 0.29) is 11.7 Å². The molecule has 1 aromatic rings. The zero-order chi connectivity index (χ0) is 14.5. The highest BCUT2D eigenvalue weighted by Crippen LogP contribution is 2.38. The normalized spacial score (nSPS) is 18.4. The smallest absolute Gasteiger partial charge is 0.296 e. The van der Waals surface area contributed by atoms with Gasteiger partial charge in [-0.15, -0.1) is 0 Å². The molecule has 6 nitrogen and oxygen atoms in total. The molecular weight excluding hydrogens is 280 g/mol. The van der Waals surface area contributed by atoms with Gasteiger partial charge in [-0.1, -0.05) is 0 Å². The third-order valence-electron chi connectivity index (χ3n) is 3.22. The van der Waals surface area contributed by atoms with Gasteiger partial charge in [0, 0.05) is 17.9 Å². The van der Waals surface area contributed by atoms with E-state index in [1.54, 1.807) is 6.07 Å². The van der Waals surface area contributed by atoms with E-state index in [1.807, 2.05) is 11.8 Å². The Bertz CT molecular complexity index is 490. The van der Waals surface area contributed by atoms with Gasteiger partial charge in [-0.2, -0.15) is 11.8 Å². The van der Waals surface area contributed by atoms with Crippen molar-refractivity contribution in [2.75, 3.05) is 31.0 Å². The molecule has 1 unspecified atom stereocenters. The van der Waals surface area contributed by atoms with Crippen LogP contribution in [0.4, 0.5) is 11.4 Å². The SMILES string of the molecule is COc1cc(NC2CCCSC2)c([N+](=O)[O-])cc1OC. The van der Waals surface area contributed by atoms with Gasteiger partial charge in [-0.05, 0) is 18.6 Å². The third kappa shape index (κ3) is 3.27. The van der Waals surface area contributed by atoms with Gasteiger partial charge in [0.05, 0.1) is 25.2 Å². The van der Waals surface area contributed by atoms with Crippen molar-refractivity contribution >= 4 is 23.1 Å². The minimum atomic E-state index is -0.403. The number of hydrogen-bond acceptors (Lipinski definition) is 6. The summed E-state index contributed by atoms with van der Waals surface area (Å²) in [5.41, 5.74) is 0.498. The van der Waals surface area contributed by atoms with Gasteiger partial charge < -0.3 is 14.8 Å². The van der Waals surface area contributed by atoms with Crippen LogP contribution in [0, 0.1) is 10.1 Å². The zero-order valence-corrected chi connectivity index (χ0v) is 12.4. The van der Waals surface area contributed by atoms with Crippen molar-refractivity contribution in [2.45, 2.75) is 18.9 Å². The molecule has 1 fully saturated rings. The lowest BCUT2D eigenvalue weighted by atomic mass is 10.1. The summed E-state index contributed by atoms with van der Waals surface area (Å²) in [6.45, 7) is 0. The molecule has 1 aliphatic rings. The van der Waals surface area contributed by atoms with E-state index >= 15 is 0 Å². The summed E-state index contributed by atoms with van der Waals surface area (Å²) in [5, 5.41) is 14.5. The second-order valence-corrected chi connectivity index (χ2v) is 5.69. The first kappa shape index (κ1) is 14.8. The lowest BCUT2D eigenvalue weighted by Gasteiger charge is -2.23. The predicted octanol–water partition coefficient (Wildman–Crippen LogP) is 2.92. The van der Waals surface area contributed by atoms with E-state index in [1.165, 1.54) is 20.3 Å². The summed E-state index contributed by atoms with van der Waals surface area (Å²) in [6, 6.07) is 3.29. The number of rotatable bonds is 5. The summed E-state index contributed by atoms with van der Waals surface area (Å²) in [4.78, 5) is 10.8. The van der Waals surface area contributed by atoms with Crippen LogP contribution in [0.3, 0.4) is 0 Å². The molecule has 0 aliphatic carbocycles. The topological polar surface area (TPSA) is 73.6 Å². The highest BCUT2D eigenvalue weighted by molar-refractivity contribution is 7.99. The molecule has 1 atom stereocenters. The number of benzene rings is 1. The molecule has 0 amide bonds. The number of thioether (sulfide) groups is 1. The van der Waals surface area contributed by atoms with Crippen LogP contribution in [0.5, 0.6) is 11.5 Å². The Morgan fingerprint density at radius 3 is 2.60 bits per heavy atom. The van der Waals surface area contributed by atoms with Crippen LogP contribution in [-0.4, -0.2) is 36.7 Å². The van der Waals surface area contributed by atoms with E-state index in [0.717, 1.165) is 24.3 Å². The van der Waals surface area contributed by atoms with E-state index in [9.17, 15) is 10.1 Å². The Balaban J connectivity index is 2.30. The Labute approximate surface area is 122 Å². The number of nitro benzene ring substituents is 1. The summed E-state index contributed by atoms with van der Waals surface area (Å²) in [7, 11) is 2.98. The molecule has 0 aromatic heterocycles. The van der Waals surface area contributed by atoms with Crippen LogP contribution in [0.2, 0.25) is 0 Å². The molecule has 0 saturated carbocycles. The van der Waals surface area contributed by atoms with Crippen LogP contribution < -0.4 is 14.8 Å². The Morgan fingerprint density at radius 1 is 1.35 bits per heavy atom. The van der Waals surface area contributed by atoms with E-state index in [2.05, 4.69) is 5.32 Å². The van der Waals surface area contributed by atoms with Gasteiger partial charge in [0.25, 0.3) is 5.69 Å². The largest absolute Gasteiger partial charge is 0.493 e. The average molecular weight is 298 g/mol. The average Bonchev–Trinajstić information content (AvgIpc) is 2.47. The Hall–Kier alpha value is -1.63.